The summed E-state index contributed by atoms with van der Waals surface area (Å²) in [5.74, 6) is 0.630. The Morgan fingerprint density at radius 2 is 1.76 bits per heavy atom. The number of carbonyl (C=O) groups is 1. The molecule has 29 heavy (non-hydrogen) atoms. The highest BCUT2D eigenvalue weighted by atomic mass is 32.2. The second kappa shape index (κ2) is 9.28. The molecule has 0 aromatic heterocycles. The van der Waals surface area contributed by atoms with Gasteiger partial charge >= 0.3 is 0 Å². The molecule has 158 valence electrons. The van der Waals surface area contributed by atoms with Crippen LogP contribution in [0.15, 0.2) is 47.4 Å². The van der Waals surface area contributed by atoms with Crippen molar-refractivity contribution in [2.45, 2.75) is 43.9 Å². The van der Waals surface area contributed by atoms with Gasteiger partial charge in [-0.05, 0) is 47.7 Å². The van der Waals surface area contributed by atoms with Gasteiger partial charge in [0.15, 0.2) is 0 Å². The van der Waals surface area contributed by atoms with Gasteiger partial charge in [0.05, 0.1) is 13.7 Å². The van der Waals surface area contributed by atoms with Crippen molar-refractivity contribution in [3.63, 3.8) is 0 Å². The summed E-state index contributed by atoms with van der Waals surface area (Å²) >= 11 is 0. The molecule has 0 aliphatic rings. The summed E-state index contributed by atoms with van der Waals surface area (Å²) in [6.07, 6.45) is 0.752. The Bertz CT molecular complexity index is 948. The molecule has 2 aromatic carbocycles. The molecule has 1 amide bonds. The van der Waals surface area contributed by atoms with Crippen LogP contribution < -0.4 is 19.9 Å². The third-order valence-corrected chi connectivity index (χ3v) is 5.22. The number of rotatable bonds is 8. The van der Waals surface area contributed by atoms with Gasteiger partial charge in [-0.1, -0.05) is 32.9 Å². The second-order valence-corrected chi connectivity index (χ2v) is 9.22. The van der Waals surface area contributed by atoms with Gasteiger partial charge in [-0.15, -0.1) is 0 Å². The van der Waals surface area contributed by atoms with Crippen LogP contribution in [0, 0.1) is 0 Å². The van der Waals surface area contributed by atoms with E-state index < -0.39 is 10.0 Å². The van der Waals surface area contributed by atoms with E-state index in [2.05, 4.69) is 26.1 Å². The summed E-state index contributed by atoms with van der Waals surface area (Å²) in [7, 11) is -2.62. The van der Waals surface area contributed by atoms with E-state index in [1.54, 1.807) is 6.07 Å². The summed E-state index contributed by atoms with van der Waals surface area (Å²) in [5, 5.41) is 7.84. The molecule has 2 rings (SSSR count). The fourth-order valence-electron chi connectivity index (χ4n) is 2.67. The predicted molar refractivity (Wildman–Crippen MR) is 113 cm³/mol. The van der Waals surface area contributed by atoms with Crippen LogP contribution in [0.25, 0.3) is 0 Å². The van der Waals surface area contributed by atoms with Crippen LogP contribution in [0.2, 0.25) is 0 Å². The summed E-state index contributed by atoms with van der Waals surface area (Å²) < 4.78 is 33.9. The van der Waals surface area contributed by atoms with Crippen LogP contribution >= 0.6 is 0 Å². The highest BCUT2D eigenvalue weighted by Gasteiger charge is 2.16. The van der Waals surface area contributed by atoms with E-state index >= 15 is 0 Å². The van der Waals surface area contributed by atoms with Gasteiger partial charge in [0.25, 0.3) is 0 Å². The Balaban J connectivity index is 1.85. The summed E-state index contributed by atoms with van der Waals surface area (Å²) in [4.78, 5) is 11.9. The normalized spacial score (nSPS) is 11.8. The van der Waals surface area contributed by atoms with Crippen LogP contribution in [0.4, 0.5) is 5.69 Å². The van der Waals surface area contributed by atoms with Crippen molar-refractivity contribution in [3.05, 3.63) is 48.0 Å². The molecule has 0 aliphatic carbocycles. The van der Waals surface area contributed by atoms with Crippen molar-refractivity contribution in [1.29, 1.82) is 0 Å². The van der Waals surface area contributed by atoms with Gasteiger partial charge in [-0.25, -0.2) is 13.6 Å². The molecule has 3 N–H and O–H groups in total. The molecule has 2 aromatic rings. The van der Waals surface area contributed by atoms with Crippen molar-refractivity contribution in [3.8, 4) is 11.5 Å². The molecule has 0 fully saturated rings. The van der Waals surface area contributed by atoms with Crippen molar-refractivity contribution >= 4 is 21.6 Å². The summed E-state index contributed by atoms with van der Waals surface area (Å²) in [6, 6.07) is 12.2. The average molecular weight is 421 g/mol. The van der Waals surface area contributed by atoms with Crippen molar-refractivity contribution in [2.24, 2.45) is 5.14 Å². The Morgan fingerprint density at radius 3 is 2.31 bits per heavy atom. The fourth-order valence-corrected chi connectivity index (χ4v) is 3.40. The Kier molecular flexibility index (Phi) is 7.26. The molecule has 0 saturated heterocycles. The number of hydrogen-bond acceptors (Lipinski definition) is 5. The van der Waals surface area contributed by atoms with Crippen molar-refractivity contribution < 1.29 is 22.7 Å². The minimum absolute atomic E-state index is 0.0845. The zero-order valence-electron chi connectivity index (χ0n) is 17.2. The van der Waals surface area contributed by atoms with E-state index in [9.17, 15) is 13.2 Å². The van der Waals surface area contributed by atoms with E-state index in [4.69, 9.17) is 14.6 Å². The molecular formula is C21H28N2O5S. The molecule has 0 bridgehead atoms. The number of hydrogen-bond donors (Lipinski definition) is 2. The number of amides is 1. The minimum Gasteiger partial charge on any atom is -0.495 e. The molecule has 0 heterocycles. The molecule has 0 radical (unpaired) electrons. The zero-order chi connectivity index (χ0) is 21.7. The van der Waals surface area contributed by atoms with Crippen LogP contribution in [-0.4, -0.2) is 28.0 Å². The first-order valence-electron chi connectivity index (χ1n) is 9.25. The SMILES string of the molecule is COc1ccc(NC(=O)CCCOc2ccc(C(C)(C)C)cc2)cc1S(N)(=O)=O. The standard InChI is InChI=1S/C21H28N2O5S/c1-21(2,3)15-7-10-17(11-8-15)28-13-5-6-20(24)23-16-9-12-18(27-4)19(14-16)29(22,25)26/h7-12,14H,5-6,13H2,1-4H3,(H,23,24)(H2,22,25,26). The number of primary sulfonamides is 1. The van der Waals surface area contributed by atoms with Crippen LogP contribution in [0.3, 0.4) is 0 Å². The number of methoxy groups -OCH3 is 1. The molecule has 0 atom stereocenters. The smallest absolute Gasteiger partial charge is 0.241 e. The van der Waals surface area contributed by atoms with E-state index in [1.807, 2.05) is 24.3 Å². The van der Waals surface area contributed by atoms with Gasteiger partial charge < -0.3 is 14.8 Å². The quantitative estimate of drug-likeness (QED) is 0.636. The number of sulfonamides is 1. The van der Waals surface area contributed by atoms with Gasteiger partial charge in [0, 0.05) is 12.1 Å². The fraction of sp³-hybridized carbons (Fsp3) is 0.381. The van der Waals surface area contributed by atoms with E-state index in [1.165, 1.54) is 24.8 Å². The number of benzene rings is 2. The van der Waals surface area contributed by atoms with Gasteiger partial charge in [0.1, 0.15) is 16.4 Å². The number of anilines is 1. The Hall–Kier alpha value is -2.58. The number of nitrogens with two attached hydrogens (primary N) is 1. The summed E-state index contributed by atoms with van der Waals surface area (Å²) in [5.41, 5.74) is 1.64. The van der Waals surface area contributed by atoms with Crippen LogP contribution in [-0.2, 0) is 20.2 Å². The molecule has 7 nitrogen and oxygen atoms in total. The van der Waals surface area contributed by atoms with Crippen molar-refractivity contribution in [1.82, 2.24) is 0 Å². The Morgan fingerprint density at radius 1 is 1.10 bits per heavy atom. The monoisotopic (exact) mass is 420 g/mol. The predicted octanol–water partition coefficient (Wildman–Crippen LogP) is 3.44. The molecule has 0 spiro atoms. The van der Waals surface area contributed by atoms with Gasteiger partial charge in [-0.2, -0.15) is 0 Å². The van der Waals surface area contributed by atoms with E-state index in [-0.39, 0.29) is 28.4 Å². The van der Waals surface area contributed by atoms with Crippen LogP contribution in [0.1, 0.15) is 39.2 Å². The molecule has 0 saturated carbocycles. The molecule has 0 unspecified atom stereocenters. The first-order chi connectivity index (χ1) is 13.5. The average Bonchev–Trinajstić information content (AvgIpc) is 2.64. The number of carbonyl (C=O) groups excluding carboxylic acids is 1. The largest absolute Gasteiger partial charge is 0.495 e. The molecule has 0 aliphatic heterocycles. The lowest BCUT2D eigenvalue weighted by molar-refractivity contribution is -0.116. The minimum atomic E-state index is -3.96. The first kappa shape index (κ1) is 22.7. The van der Waals surface area contributed by atoms with Gasteiger partial charge in [-0.3, -0.25) is 4.79 Å². The lowest BCUT2D eigenvalue weighted by atomic mass is 9.87. The number of nitrogens with one attached hydrogen (secondary N) is 1. The first-order valence-corrected chi connectivity index (χ1v) is 10.8. The lowest BCUT2D eigenvalue weighted by Gasteiger charge is -2.19. The highest BCUT2D eigenvalue weighted by molar-refractivity contribution is 7.89. The molecule has 8 heteroatoms. The maximum absolute atomic E-state index is 12.1. The van der Waals surface area contributed by atoms with Crippen LogP contribution in [0.5, 0.6) is 11.5 Å². The van der Waals surface area contributed by atoms with E-state index in [0.717, 1.165) is 5.75 Å². The third kappa shape index (κ3) is 6.76. The van der Waals surface area contributed by atoms with Gasteiger partial charge in [0.2, 0.25) is 15.9 Å². The Labute approximate surface area is 172 Å². The third-order valence-electron chi connectivity index (χ3n) is 4.29. The highest BCUT2D eigenvalue weighted by Crippen LogP contribution is 2.26. The van der Waals surface area contributed by atoms with Crippen molar-refractivity contribution in [2.75, 3.05) is 19.0 Å². The maximum atomic E-state index is 12.1. The number of ether oxygens (including phenoxy) is 2. The maximum Gasteiger partial charge on any atom is 0.241 e. The second-order valence-electron chi connectivity index (χ2n) is 7.69. The van der Waals surface area contributed by atoms with E-state index in [0.29, 0.717) is 18.7 Å². The zero-order valence-corrected chi connectivity index (χ0v) is 18.0. The summed E-state index contributed by atoms with van der Waals surface area (Å²) in [6.45, 7) is 6.84. The lowest BCUT2D eigenvalue weighted by Crippen LogP contribution is -2.16. The topological polar surface area (TPSA) is 108 Å². The molecular weight excluding hydrogens is 392 g/mol.